The van der Waals surface area contributed by atoms with Crippen LogP contribution in [0.4, 0.5) is 0 Å². The lowest BCUT2D eigenvalue weighted by molar-refractivity contribution is -0.182. The summed E-state index contributed by atoms with van der Waals surface area (Å²) in [6.07, 6.45) is 6.38. The Bertz CT molecular complexity index is 449. The third-order valence-corrected chi connectivity index (χ3v) is 5.83. The van der Waals surface area contributed by atoms with Gasteiger partial charge in [-0.15, -0.1) is 0 Å². The molecule has 4 aliphatic rings. The van der Waals surface area contributed by atoms with E-state index in [2.05, 4.69) is 12.2 Å². The Hall–Kier alpha value is -1.06. The highest BCUT2D eigenvalue weighted by Gasteiger charge is 2.65. The first-order valence-electron chi connectivity index (χ1n) is 7.35. The van der Waals surface area contributed by atoms with Crippen molar-refractivity contribution in [2.45, 2.75) is 64.3 Å². The molecule has 1 amide bonds. The zero-order valence-electron chi connectivity index (χ0n) is 11.8. The molecule has 4 atom stereocenters. The molecule has 2 N–H and O–H groups in total. The van der Waals surface area contributed by atoms with Gasteiger partial charge < -0.3 is 10.4 Å². The van der Waals surface area contributed by atoms with Crippen LogP contribution in [-0.2, 0) is 9.59 Å². The maximum absolute atomic E-state index is 11.8. The van der Waals surface area contributed by atoms with E-state index in [0.717, 1.165) is 38.5 Å². The van der Waals surface area contributed by atoms with Crippen LogP contribution in [-0.4, -0.2) is 22.5 Å². The van der Waals surface area contributed by atoms with Gasteiger partial charge in [-0.05, 0) is 49.9 Å². The molecule has 0 aromatic carbocycles. The molecule has 4 saturated carbocycles. The molecule has 4 heteroatoms. The van der Waals surface area contributed by atoms with E-state index >= 15 is 0 Å². The van der Waals surface area contributed by atoms with Crippen molar-refractivity contribution in [1.82, 2.24) is 5.32 Å². The van der Waals surface area contributed by atoms with E-state index in [9.17, 15) is 14.7 Å². The lowest BCUT2D eigenvalue weighted by atomic mass is 9.41. The summed E-state index contributed by atoms with van der Waals surface area (Å²) < 4.78 is 0. The van der Waals surface area contributed by atoms with Crippen LogP contribution in [0.15, 0.2) is 0 Å². The summed E-state index contributed by atoms with van der Waals surface area (Å²) in [7, 11) is 0. The minimum atomic E-state index is -0.649. The largest absolute Gasteiger partial charge is 0.481 e. The Balaban J connectivity index is 2.01. The molecule has 0 aliphatic heterocycles. The zero-order chi connectivity index (χ0) is 13.9. The summed E-state index contributed by atoms with van der Waals surface area (Å²) in [5, 5.41) is 12.8. The van der Waals surface area contributed by atoms with Crippen molar-refractivity contribution in [2.24, 2.45) is 16.7 Å². The summed E-state index contributed by atoms with van der Waals surface area (Å²) in [6, 6.07) is 0. The average Bonchev–Trinajstić information content (AvgIpc) is 2.25. The third kappa shape index (κ3) is 1.79. The van der Waals surface area contributed by atoms with Crippen LogP contribution >= 0.6 is 0 Å². The van der Waals surface area contributed by atoms with Crippen LogP contribution in [0.25, 0.3) is 0 Å². The van der Waals surface area contributed by atoms with E-state index in [4.69, 9.17) is 0 Å². The van der Waals surface area contributed by atoms with E-state index in [1.165, 1.54) is 0 Å². The fourth-order valence-corrected chi connectivity index (χ4v) is 5.78. The molecular formula is C15H23NO3. The van der Waals surface area contributed by atoms with Crippen molar-refractivity contribution < 1.29 is 14.7 Å². The van der Waals surface area contributed by atoms with E-state index in [1.807, 2.05) is 0 Å². The van der Waals surface area contributed by atoms with E-state index in [-0.39, 0.29) is 16.9 Å². The smallest absolute Gasteiger partial charge is 0.309 e. The molecule has 106 valence electrons. The topological polar surface area (TPSA) is 66.4 Å². The van der Waals surface area contributed by atoms with Crippen LogP contribution in [0.2, 0.25) is 0 Å². The van der Waals surface area contributed by atoms with Gasteiger partial charge in [0.25, 0.3) is 0 Å². The monoisotopic (exact) mass is 265 g/mol. The fraction of sp³-hybridized carbons (Fsp3) is 0.867. The highest BCUT2D eigenvalue weighted by atomic mass is 16.4. The molecule has 0 radical (unpaired) electrons. The molecule has 0 unspecified atom stereocenters. The number of rotatable bonds is 3. The van der Waals surface area contributed by atoms with Gasteiger partial charge in [-0.1, -0.05) is 13.3 Å². The number of aliphatic carboxylic acids is 1. The second-order valence-electron chi connectivity index (χ2n) is 7.41. The predicted molar refractivity (Wildman–Crippen MR) is 70.5 cm³/mol. The number of carbonyl (C=O) groups excluding carboxylic acids is 1. The summed E-state index contributed by atoms with van der Waals surface area (Å²) >= 11 is 0. The van der Waals surface area contributed by atoms with Crippen molar-refractivity contribution in [2.75, 3.05) is 0 Å². The van der Waals surface area contributed by atoms with Crippen LogP contribution in [0, 0.1) is 16.7 Å². The first kappa shape index (κ1) is 12.9. The molecule has 4 rings (SSSR count). The normalized spacial score (nSPS) is 47.2. The summed E-state index contributed by atoms with van der Waals surface area (Å²) in [4.78, 5) is 23.4. The fourth-order valence-electron chi connectivity index (χ4n) is 5.78. The molecule has 4 bridgehead atoms. The van der Waals surface area contributed by atoms with Crippen molar-refractivity contribution in [3.8, 4) is 0 Å². The van der Waals surface area contributed by atoms with Crippen LogP contribution < -0.4 is 5.32 Å². The van der Waals surface area contributed by atoms with Crippen LogP contribution in [0.1, 0.15) is 58.8 Å². The van der Waals surface area contributed by atoms with Gasteiger partial charge in [-0.3, -0.25) is 9.59 Å². The number of carbonyl (C=O) groups is 2. The number of hydrogen-bond acceptors (Lipinski definition) is 2. The first-order chi connectivity index (χ1) is 8.83. The molecule has 0 spiro atoms. The Kier molecular flexibility index (Phi) is 2.55. The Morgan fingerprint density at radius 3 is 2.53 bits per heavy atom. The lowest BCUT2D eigenvalue weighted by Gasteiger charge is -2.65. The Morgan fingerprint density at radius 1 is 1.21 bits per heavy atom. The highest BCUT2D eigenvalue weighted by Crippen LogP contribution is 2.67. The SMILES string of the molecule is CC[C@]12C[C@@H]3C[C@@](NC(C)=O)(C1)C[C@@](C(=O)O)(C3)C2. The Labute approximate surface area is 113 Å². The van der Waals surface area contributed by atoms with Crippen molar-refractivity contribution in [3.05, 3.63) is 0 Å². The van der Waals surface area contributed by atoms with Crippen LogP contribution in [0.3, 0.4) is 0 Å². The van der Waals surface area contributed by atoms with Crippen LogP contribution in [0.5, 0.6) is 0 Å². The van der Waals surface area contributed by atoms with E-state index in [0.29, 0.717) is 12.3 Å². The maximum atomic E-state index is 11.8. The van der Waals surface area contributed by atoms with Crippen molar-refractivity contribution in [1.29, 1.82) is 0 Å². The van der Waals surface area contributed by atoms with E-state index in [1.54, 1.807) is 6.92 Å². The third-order valence-electron chi connectivity index (χ3n) is 5.83. The van der Waals surface area contributed by atoms with Gasteiger partial charge in [-0.25, -0.2) is 0 Å². The minimum absolute atomic E-state index is 0.0197. The van der Waals surface area contributed by atoms with Crippen molar-refractivity contribution in [3.63, 3.8) is 0 Å². The standard InChI is InChI=1S/C15H23NO3/c1-3-13-4-11-5-14(7-13,12(18)19)9-15(6-11,8-13)16-10(2)17/h11H,3-9H2,1-2H3,(H,16,17)(H,18,19)/t11-,13+,14+,15+/m0/s1. The quantitative estimate of drug-likeness (QED) is 0.823. The summed E-state index contributed by atoms with van der Waals surface area (Å²) in [6.45, 7) is 3.72. The Morgan fingerprint density at radius 2 is 1.95 bits per heavy atom. The predicted octanol–water partition coefficient (Wildman–Crippen LogP) is 2.33. The second kappa shape index (κ2) is 3.74. The van der Waals surface area contributed by atoms with Crippen molar-refractivity contribution >= 4 is 11.9 Å². The number of nitrogens with one attached hydrogen (secondary N) is 1. The molecule has 0 aromatic heterocycles. The molecule has 0 saturated heterocycles. The van der Waals surface area contributed by atoms with Gasteiger partial charge in [0.2, 0.25) is 5.91 Å². The molecular weight excluding hydrogens is 242 g/mol. The van der Waals surface area contributed by atoms with E-state index < -0.39 is 11.4 Å². The molecule has 4 aliphatic carbocycles. The first-order valence-corrected chi connectivity index (χ1v) is 7.35. The van der Waals surface area contributed by atoms with Gasteiger partial charge in [0.1, 0.15) is 0 Å². The molecule has 0 heterocycles. The molecule has 19 heavy (non-hydrogen) atoms. The zero-order valence-corrected chi connectivity index (χ0v) is 11.8. The molecule has 0 aromatic rings. The average molecular weight is 265 g/mol. The number of carboxylic acids is 1. The number of amides is 1. The van der Waals surface area contributed by atoms with Gasteiger partial charge >= 0.3 is 5.97 Å². The summed E-state index contributed by atoms with van der Waals surface area (Å²) in [5.74, 6) is -0.197. The minimum Gasteiger partial charge on any atom is -0.481 e. The van der Waals surface area contributed by atoms with Gasteiger partial charge in [0, 0.05) is 12.5 Å². The van der Waals surface area contributed by atoms with Gasteiger partial charge in [0.05, 0.1) is 5.41 Å². The maximum Gasteiger partial charge on any atom is 0.309 e. The lowest BCUT2D eigenvalue weighted by Crippen LogP contribution is -2.67. The van der Waals surface area contributed by atoms with Gasteiger partial charge in [0.15, 0.2) is 0 Å². The molecule has 4 fully saturated rings. The second-order valence-corrected chi connectivity index (χ2v) is 7.41. The summed E-state index contributed by atoms with van der Waals surface area (Å²) in [5.41, 5.74) is -0.697. The molecule has 4 nitrogen and oxygen atoms in total. The highest BCUT2D eigenvalue weighted by molar-refractivity contribution is 5.77. The number of hydrogen-bond donors (Lipinski definition) is 2. The van der Waals surface area contributed by atoms with Gasteiger partial charge in [-0.2, -0.15) is 0 Å². The number of carboxylic acid groups (broad SMARTS) is 1.